The molecule has 2 bridgehead atoms. The number of likely N-dealkylation sites (tertiary alicyclic amines) is 1. The Morgan fingerprint density at radius 3 is 2.41 bits per heavy atom. The summed E-state index contributed by atoms with van der Waals surface area (Å²) in [4.78, 5) is 44.3. The van der Waals surface area contributed by atoms with E-state index in [2.05, 4.69) is 9.88 Å². The summed E-state index contributed by atoms with van der Waals surface area (Å²) in [6.07, 6.45) is 11.5. The first-order valence-electron chi connectivity index (χ1n) is 11.4. The van der Waals surface area contributed by atoms with Crippen LogP contribution < -0.4 is 11.5 Å². The summed E-state index contributed by atoms with van der Waals surface area (Å²) in [5, 5.41) is 11.5. The number of aromatic nitrogens is 1. The van der Waals surface area contributed by atoms with E-state index in [0.717, 1.165) is 56.7 Å². The zero-order valence-corrected chi connectivity index (χ0v) is 18.8. The van der Waals surface area contributed by atoms with Gasteiger partial charge in [-0.2, -0.15) is 0 Å². The number of hydrogen-bond donors (Lipinski definition) is 2. The van der Waals surface area contributed by atoms with E-state index < -0.39 is 27.6 Å². The lowest BCUT2D eigenvalue weighted by Crippen LogP contribution is -2.62. The van der Waals surface area contributed by atoms with Crippen LogP contribution in [0.4, 0.5) is 5.00 Å². The standard InChI is InChI=1S/C22H29N5O4S/c23-17(28)21(7-1-2-10-26-11-3-4-12-26)14-5-6-15(20(14)8-9-20)22(21,18(24)29)19-25-13-16(32-19)27(30)31/h5-6,13-15H,1-4,7-12H2,(H2,23,28)(H2,24,29)/t14-,15+,21+,22-/m1/s1. The predicted octanol–water partition coefficient (Wildman–Crippen LogP) is 2.11. The second-order valence-corrected chi connectivity index (χ2v) is 10.9. The molecule has 172 valence electrons. The van der Waals surface area contributed by atoms with Crippen molar-refractivity contribution < 1.29 is 14.5 Å². The fourth-order valence-electron chi connectivity index (χ4n) is 7.22. The van der Waals surface area contributed by atoms with Crippen molar-refractivity contribution in [3.63, 3.8) is 0 Å². The molecule has 0 radical (unpaired) electrons. The van der Waals surface area contributed by atoms with Crippen molar-refractivity contribution in [1.29, 1.82) is 0 Å². The smallest absolute Gasteiger partial charge is 0.343 e. The molecule has 4 aliphatic rings. The minimum absolute atomic E-state index is 0.162. The fraction of sp³-hybridized carbons (Fsp3) is 0.682. The van der Waals surface area contributed by atoms with E-state index >= 15 is 0 Å². The van der Waals surface area contributed by atoms with Crippen LogP contribution in [-0.4, -0.2) is 46.3 Å². The van der Waals surface area contributed by atoms with Crippen molar-refractivity contribution >= 4 is 28.2 Å². The Hall–Kier alpha value is -2.33. The molecule has 9 nitrogen and oxygen atoms in total. The van der Waals surface area contributed by atoms with Gasteiger partial charge in [0.05, 0.1) is 10.3 Å². The molecule has 32 heavy (non-hydrogen) atoms. The third-order valence-electron chi connectivity index (χ3n) is 8.60. The molecule has 1 aliphatic heterocycles. The molecule has 4 N–H and O–H groups in total. The highest BCUT2D eigenvalue weighted by Crippen LogP contribution is 2.81. The average molecular weight is 460 g/mol. The van der Waals surface area contributed by atoms with Crippen LogP contribution in [0.3, 0.4) is 0 Å². The van der Waals surface area contributed by atoms with Crippen LogP contribution in [0.15, 0.2) is 18.3 Å². The fourth-order valence-corrected chi connectivity index (χ4v) is 8.28. The number of nitrogens with zero attached hydrogens (tertiary/aromatic N) is 3. The molecule has 3 aliphatic carbocycles. The number of carbonyl (C=O) groups excluding carboxylic acids is 2. The van der Waals surface area contributed by atoms with Gasteiger partial charge in [-0.3, -0.25) is 19.7 Å². The largest absolute Gasteiger partial charge is 0.369 e. The van der Waals surface area contributed by atoms with Gasteiger partial charge < -0.3 is 16.4 Å². The third-order valence-corrected chi connectivity index (χ3v) is 9.68. The number of primary amides is 2. The van der Waals surface area contributed by atoms with E-state index in [1.54, 1.807) is 0 Å². The van der Waals surface area contributed by atoms with Crippen LogP contribution in [0, 0.1) is 32.8 Å². The lowest BCUT2D eigenvalue weighted by atomic mass is 9.55. The first-order valence-corrected chi connectivity index (χ1v) is 12.2. The summed E-state index contributed by atoms with van der Waals surface area (Å²) >= 11 is 0.852. The monoisotopic (exact) mass is 459 g/mol. The number of nitro groups is 1. The molecule has 4 atom stereocenters. The predicted molar refractivity (Wildman–Crippen MR) is 119 cm³/mol. The molecule has 1 spiro atoms. The molecule has 1 aromatic heterocycles. The number of allylic oxidation sites excluding steroid dienone is 2. The molecule has 5 rings (SSSR count). The zero-order chi connectivity index (χ0) is 22.7. The van der Waals surface area contributed by atoms with Crippen molar-refractivity contribution in [1.82, 2.24) is 9.88 Å². The maximum atomic E-state index is 13.3. The Bertz CT molecular complexity index is 998. The molecule has 2 heterocycles. The van der Waals surface area contributed by atoms with Crippen molar-refractivity contribution in [3.05, 3.63) is 33.5 Å². The molecule has 1 saturated heterocycles. The second kappa shape index (κ2) is 7.34. The molecule has 2 saturated carbocycles. The highest BCUT2D eigenvalue weighted by molar-refractivity contribution is 7.15. The van der Waals surface area contributed by atoms with Gasteiger partial charge in [0.2, 0.25) is 11.8 Å². The van der Waals surface area contributed by atoms with Gasteiger partial charge in [-0.05, 0) is 80.8 Å². The third kappa shape index (κ3) is 2.62. The first kappa shape index (κ1) is 21.5. The van der Waals surface area contributed by atoms with E-state index in [9.17, 15) is 19.7 Å². The number of nitrogens with two attached hydrogens (primary N) is 2. The van der Waals surface area contributed by atoms with E-state index in [1.165, 1.54) is 19.0 Å². The van der Waals surface area contributed by atoms with Gasteiger partial charge in [-0.1, -0.05) is 18.6 Å². The lowest BCUT2D eigenvalue weighted by molar-refractivity contribution is -0.380. The van der Waals surface area contributed by atoms with Crippen LogP contribution in [0.2, 0.25) is 0 Å². The van der Waals surface area contributed by atoms with Crippen molar-refractivity contribution in [3.8, 4) is 0 Å². The van der Waals surface area contributed by atoms with Crippen molar-refractivity contribution in [2.24, 2.45) is 34.1 Å². The minimum Gasteiger partial charge on any atom is -0.369 e. The van der Waals surface area contributed by atoms with Gasteiger partial charge in [0.15, 0.2) is 0 Å². The molecule has 0 aromatic carbocycles. The topological polar surface area (TPSA) is 145 Å². The van der Waals surface area contributed by atoms with Crippen LogP contribution in [0.1, 0.15) is 50.0 Å². The van der Waals surface area contributed by atoms with Crippen molar-refractivity contribution in [2.45, 2.75) is 50.4 Å². The quantitative estimate of drug-likeness (QED) is 0.250. The minimum atomic E-state index is -1.44. The van der Waals surface area contributed by atoms with E-state index in [4.69, 9.17) is 11.5 Å². The summed E-state index contributed by atoms with van der Waals surface area (Å²) < 4.78 is 0. The summed E-state index contributed by atoms with van der Waals surface area (Å²) in [5.41, 5.74) is 9.37. The Labute approximate surface area is 190 Å². The van der Waals surface area contributed by atoms with E-state index in [1.807, 2.05) is 12.2 Å². The number of rotatable bonds is 9. The maximum absolute atomic E-state index is 13.3. The van der Waals surface area contributed by atoms with E-state index in [0.29, 0.717) is 6.42 Å². The molecule has 10 heteroatoms. The number of amides is 2. The summed E-state index contributed by atoms with van der Waals surface area (Å²) in [6.45, 7) is 3.16. The Morgan fingerprint density at radius 1 is 1.16 bits per heavy atom. The average Bonchev–Trinajstić information content (AvgIpc) is 3.12. The molecular formula is C22H29N5O4S. The summed E-state index contributed by atoms with van der Waals surface area (Å²) in [6, 6.07) is 0. The summed E-state index contributed by atoms with van der Waals surface area (Å²) in [5.74, 6) is -1.70. The Morgan fingerprint density at radius 2 is 1.84 bits per heavy atom. The van der Waals surface area contributed by atoms with Gasteiger partial charge in [0.25, 0.3) is 0 Å². The van der Waals surface area contributed by atoms with Gasteiger partial charge in [-0.15, -0.1) is 0 Å². The maximum Gasteiger partial charge on any atom is 0.343 e. The second-order valence-electron chi connectivity index (χ2n) is 9.85. The highest BCUT2D eigenvalue weighted by Gasteiger charge is 2.83. The summed E-state index contributed by atoms with van der Waals surface area (Å²) in [7, 11) is 0. The molecule has 0 unspecified atom stereocenters. The molecule has 2 amide bonds. The van der Waals surface area contributed by atoms with Gasteiger partial charge in [-0.25, -0.2) is 4.98 Å². The molecule has 3 fully saturated rings. The number of carbonyl (C=O) groups is 2. The molecule has 1 aromatic rings. The van der Waals surface area contributed by atoms with Gasteiger partial charge in [0, 0.05) is 5.92 Å². The van der Waals surface area contributed by atoms with Crippen LogP contribution >= 0.6 is 11.3 Å². The van der Waals surface area contributed by atoms with Crippen LogP contribution in [-0.2, 0) is 15.0 Å². The van der Waals surface area contributed by atoms with Crippen molar-refractivity contribution in [2.75, 3.05) is 19.6 Å². The van der Waals surface area contributed by atoms with Crippen LogP contribution in [0.25, 0.3) is 0 Å². The Kier molecular flexibility index (Phi) is 4.94. The van der Waals surface area contributed by atoms with Gasteiger partial charge >= 0.3 is 5.00 Å². The Balaban J connectivity index is 1.57. The van der Waals surface area contributed by atoms with Gasteiger partial charge in [0.1, 0.15) is 16.6 Å². The first-order chi connectivity index (χ1) is 15.3. The van der Waals surface area contributed by atoms with Crippen LogP contribution in [0.5, 0.6) is 0 Å². The lowest BCUT2D eigenvalue weighted by Gasteiger charge is -2.46. The number of unbranched alkanes of at least 4 members (excludes halogenated alkanes) is 1. The zero-order valence-electron chi connectivity index (χ0n) is 18.0. The normalized spacial score (nSPS) is 34.4. The number of hydrogen-bond acceptors (Lipinski definition) is 7. The molecular weight excluding hydrogens is 430 g/mol. The number of thiazole rings is 1. The SMILES string of the molecule is NC(=O)[C@]1(CCCCN2CCCC2)[C@@H]2C=C[C@@H](C23CC3)[C@@]1(C(N)=O)c1ncc([N+](=O)[O-])s1. The highest BCUT2D eigenvalue weighted by atomic mass is 32.1. The van der Waals surface area contributed by atoms with E-state index in [-0.39, 0.29) is 27.3 Å².